The van der Waals surface area contributed by atoms with Gasteiger partial charge in [-0.3, -0.25) is 4.90 Å². The van der Waals surface area contributed by atoms with Crippen molar-refractivity contribution >= 4 is 6.03 Å². The number of hydrogen-bond acceptors (Lipinski definition) is 2. The molecule has 2 heterocycles. The average Bonchev–Trinajstić information content (AvgIpc) is 2.75. The summed E-state index contributed by atoms with van der Waals surface area (Å²) in [6, 6.07) is 15.6. The largest absolute Gasteiger partial charge is 0.331 e. The van der Waals surface area contributed by atoms with E-state index in [0.717, 1.165) is 44.6 Å². The Morgan fingerprint density at radius 1 is 1.06 bits per heavy atom. The zero-order valence-corrected chi connectivity index (χ0v) is 19.8. The number of benzene rings is 2. The second kappa shape index (κ2) is 9.22. The summed E-state index contributed by atoms with van der Waals surface area (Å²) in [6.45, 7) is 12.4. The van der Waals surface area contributed by atoms with E-state index in [1.54, 1.807) is 12.1 Å². The fourth-order valence-electron chi connectivity index (χ4n) is 5.51. The van der Waals surface area contributed by atoms with Crippen molar-refractivity contribution in [3.8, 4) is 0 Å². The van der Waals surface area contributed by atoms with Crippen molar-refractivity contribution in [1.29, 1.82) is 0 Å². The Balaban J connectivity index is 1.40. The van der Waals surface area contributed by atoms with Crippen molar-refractivity contribution in [2.24, 2.45) is 11.3 Å². The van der Waals surface area contributed by atoms with Crippen LogP contribution in [0.3, 0.4) is 0 Å². The van der Waals surface area contributed by atoms with Crippen LogP contribution >= 0.6 is 0 Å². The van der Waals surface area contributed by atoms with E-state index in [2.05, 4.69) is 55.3 Å². The van der Waals surface area contributed by atoms with E-state index in [0.29, 0.717) is 12.0 Å². The van der Waals surface area contributed by atoms with Gasteiger partial charge in [-0.05, 0) is 55.9 Å². The number of halogens is 1. The van der Waals surface area contributed by atoms with Gasteiger partial charge in [-0.2, -0.15) is 0 Å². The Morgan fingerprint density at radius 3 is 2.28 bits per heavy atom. The first kappa shape index (κ1) is 22.8. The van der Waals surface area contributed by atoms with Crippen LogP contribution < -0.4 is 5.32 Å². The van der Waals surface area contributed by atoms with Crippen LogP contribution in [0.25, 0.3) is 0 Å². The topological polar surface area (TPSA) is 35.6 Å². The molecule has 0 bridgehead atoms. The lowest BCUT2D eigenvalue weighted by Crippen LogP contribution is -2.63. The van der Waals surface area contributed by atoms with Crippen molar-refractivity contribution in [2.45, 2.75) is 52.6 Å². The van der Waals surface area contributed by atoms with Crippen molar-refractivity contribution in [3.63, 3.8) is 0 Å². The van der Waals surface area contributed by atoms with Crippen LogP contribution in [0.5, 0.6) is 0 Å². The standard InChI is InChI=1S/C27H36FN3O/c1-19(2)17-31-18-27(25(31)23-7-5-20(3)6-8-23)13-15-30(16-14-27)26(32)29-21(4)22-9-11-24(28)12-10-22/h5-12,19,21,25H,13-18H2,1-4H3,(H,29,32)/t21-,25?/m0/s1. The Bertz CT molecular complexity index is 917. The third kappa shape index (κ3) is 4.68. The summed E-state index contributed by atoms with van der Waals surface area (Å²) in [5, 5.41) is 3.09. The van der Waals surface area contributed by atoms with Crippen LogP contribution in [0.4, 0.5) is 9.18 Å². The number of urea groups is 1. The van der Waals surface area contributed by atoms with E-state index in [1.807, 2.05) is 11.8 Å². The number of likely N-dealkylation sites (tertiary alicyclic amines) is 2. The Labute approximate surface area is 191 Å². The zero-order chi connectivity index (χ0) is 22.9. The van der Waals surface area contributed by atoms with Crippen LogP contribution in [0, 0.1) is 24.1 Å². The highest BCUT2D eigenvalue weighted by Gasteiger charge is 2.54. The highest BCUT2D eigenvalue weighted by atomic mass is 19.1. The molecule has 1 spiro atoms. The molecule has 1 unspecified atom stereocenters. The van der Waals surface area contributed by atoms with Gasteiger partial charge in [0.15, 0.2) is 0 Å². The molecule has 2 aliphatic heterocycles. The molecule has 0 saturated carbocycles. The lowest BCUT2D eigenvalue weighted by Gasteiger charge is -2.61. The number of nitrogens with one attached hydrogen (secondary N) is 1. The Morgan fingerprint density at radius 2 is 1.69 bits per heavy atom. The molecule has 2 amide bonds. The maximum absolute atomic E-state index is 13.2. The van der Waals surface area contributed by atoms with Crippen molar-refractivity contribution in [1.82, 2.24) is 15.1 Å². The summed E-state index contributed by atoms with van der Waals surface area (Å²) in [5.41, 5.74) is 3.87. The minimum atomic E-state index is -0.260. The maximum Gasteiger partial charge on any atom is 0.317 e. The van der Waals surface area contributed by atoms with E-state index in [1.165, 1.54) is 23.3 Å². The van der Waals surface area contributed by atoms with Crippen molar-refractivity contribution < 1.29 is 9.18 Å². The molecule has 5 heteroatoms. The summed E-state index contributed by atoms with van der Waals surface area (Å²) >= 11 is 0. The smallest absolute Gasteiger partial charge is 0.317 e. The summed E-state index contributed by atoms with van der Waals surface area (Å²) in [5.74, 6) is 0.378. The van der Waals surface area contributed by atoms with Crippen molar-refractivity contribution in [3.05, 3.63) is 71.0 Å². The molecule has 0 aliphatic carbocycles. The summed E-state index contributed by atoms with van der Waals surface area (Å²) < 4.78 is 13.2. The van der Waals surface area contributed by atoms with Crippen molar-refractivity contribution in [2.75, 3.05) is 26.2 Å². The van der Waals surface area contributed by atoms with E-state index >= 15 is 0 Å². The first-order valence-corrected chi connectivity index (χ1v) is 11.9. The normalized spacial score (nSPS) is 21.4. The van der Waals surface area contributed by atoms with E-state index < -0.39 is 0 Å². The van der Waals surface area contributed by atoms with E-state index in [4.69, 9.17) is 0 Å². The van der Waals surface area contributed by atoms with Gasteiger partial charge in [0.1, 0.15) is 5.82 Å². The number of amides is 2. The van der Waals surface area contributed by atoms with Crippen LogP contribution in [-0.4, -0.2) is 42.0 Å². The van der Waals surface area contributed by atoms with Crippen LogP contribution in [0.15, 0.2) is 48.5 Å². The lowest BCUT2D eigenvalue weighted by atomic mass is 9.63. The summed E-state index contributed by atoms with van der Waals surface area (Å²) in [4.78, 5) is 17.5. The molecule has 4 nitrogen and oxygen atoms in total. The Hall–Kier alpha value is -2.40. The molecule has 2 aliphatic rings. The van der Waals surface area contributed by atoms with Crippen LogP contribution in [-0.2, 0) is 0 Å². The third-order valence-electron chi connectivity index (χ3n) is 7.21. The summed E-state index contributed by atoms with van der Waals surface area (Å²) in [6.07, 6.45) is 2.05. The minimum Gasteiger partial charge on any atom is -0.331 e. The number of rotatable bonds is 5. The first-order valence-electron chi connectivity index (χ1n) is 11.9. The fourth-order valence-corrected chi connectivity index (χ4v) is 5.51. The van der Waals surface area contributed by atoms with E-state index in [-0.39, 0.29) is 23.3 Å². The highest BCUT2D eigenvalue weighted by Crippen LogP contribution is 2.55. The molecule has 2 fully saturated rings. The van der Waals surface area contributed by atoms with Crippen LogP contribution in [0.1, 0.15) is 62.4 Å². The second-order valence-electron chi connectivity index (χ2n) is 10.2. The maximum atomic E-state index is 13.2. The highest BCUT2D eigenvalue weighted by molar-refractivity contribution is 5.74. The van der Waals surface area contributed by atoms with Gasteiger partial charge in [-0.25, -0.2) is 9.18 Å². The summed E-state index contributed by atoms with van der Waals surface area (Å²) in [7, 11) is 0. The number of piperidine rings is 1. The second-order valence-corrected chi connectivity index (χ2v) is 10.2. The first-order chi connectivity index (χ1) is 15.3. The predicted octanol–water partition coefficient (Wildman–Crippen LogP) is 5.70. The van der Waals surface area contributed by atoms with Gasteiger partial charge in [0, 0.05) is 37.6 Å². The van der Waals surface area contributed by atoms with Gasteiger partial charge >= 0.3 is 6.03 Å². The third-order valence-corrected chi connectivity index (χ3v) is 7.21. The van der Waals surface area contributed by atoms with Gasteiger partial charge in [-0.15, -0.1) is 0 Å². The van der Waals surface area contributed by atoms with Gasteiger partial charge in [-0.1, -0.05) is 55.8 Å². The zero-order valence-electron chi connectivity index (χ0n) is 19.8. The van der Waals surface area contributed by atoms with Gasteiger partial charge in [0.2, 0.25) is 0 Å². The van der Waals surface area contributed by atoms with Crippen LogP contribution in [0.2, 0.25) is 0 Å². The lowest BCUT2D eigenvalue weighted by molar-refractivity contribution is -0.112. The molecular weight excluding hydrogens is 401 g/mol. The number of aryl methyl sites for hydroxylation is 1. The predicted molar refractivity (Wildman–Crippen MR) is 127 cm³/mol. The molecule has 2 saturated heterocycles. The SMILES string of the molecule is Cc1ccc(C2N(CC(C)C)CC23CCN(C(=O)N[C@@H](C)c2ccc(F)cc2)CC3)cc1. The molecule has 2 aromatic carbocycles. The molecule has 2 aromatic rings. The number of carbonyl (C=O) groups excluding carboxylic acids is 1. The number of nitrogens with zero attached hydrogens (tertiary/aromatic N) is 2. The molecule has 4 rings (SSSR count). The van der Waals surface area contributed by atoms with Gasteiger partial charge in [0.25, 0.3) is 0 Å². The molecule has 0 aromatic heterocycles. The number of hydrogen-bond donors (Lipinski definition) is 1. The number of carbonyl (C=O) groups is 1. The molecule has 0 radical (unpaired) electrons. The monoisotopic (exact) mass is 437 g/mol. The molecule has 1 N–H and O–H groups in total. The molecule has 32 heavy (non-hydrogen) atoms. The van der Waals surface area contributed by atoms with E-state index in [9.17, 15) is 9.18 Å². The Kier molecular flexibility index (Phi) is 6.57. The fraction of sp³-hybridized carbons (Fsp3) is 0.519. The quantitative estimate of drug-likeness (QED) is 0.651. The minimum absolute atomic E-state index is 0.0260. The molecular formula is C27H36FN3O. The average molecular weight is 438 g/mol. The molecule has 2 atom stereocenters. The molecule has 172 valence electrons. The van der Waals surface area contributed by atoms with Gasteiger partial charge < -0.3 is 10.2 Å². The van der Waals surface area contributed by atoms with Gasteiger partial charge in [0.05, 0.1) is 6.04 Å².